The van der Waals surface area contributed by atoms with E-state index >= 15 is 0 Å². The second kappa shape index (κ2) is 4.82. The zero-order valence-electron chi connectivity index (χ0n) is 10.2. The number of aliphatic hydroxyl groups excluding tert-OH is 1. The molecule has 4 heteroatoms. The number of thiazole rings is 1. The Morgan fingerprint density at radius 2 is 2.31 bits per heavy atom. The lowest BCUT2D eigenvalue weighted by molar-refractivity contribution is 0.205. The van der Waals surface area contributed by atoms with Crippen LogP contribution < -0.4 is 0 Å². The van der Waals surface area contributed by atoms with Crippen molar-refractivity contribution in [2.45, 2.75) is 33.2 Å². The highest BCUT2D eigenvalue weighted by atomic mass is 32.1. The van der Waals surface area contributed by atoms with Gasteiger partial charge in [-0.25, -0.2) is 4.98 Å². The molecule has 0 radical (unpaired) electrons. The standard InChI is InChI=1S/C12H20N2OS/c1-8-12(16-10(3)13-8)9(2)14-5-4-11(6-14)7-15/h9,11,15H,4-7H2,1-3H3. The normalized spacial score (nSPS) is 23.9. The van der Waals surface area contributed by atoms with E-state index in [4.69, 9.17) is 5.11 Å². The first-order chi connectivity index (χ1) is 7.61. The van der Waals surface area contributed by atoms with Crippen LogP contribution in [0.4, 0.5) is 0 Å². The fraction of sp³-hybridized carbons (Fsp3) is 0.750. The number of nitrogens with zero attached hydrogens (tertiary/aromatic N) is 2. The zero-order chi connectivity index (χ0) is 11.7. The van der Waals surface area contributed by atoms with Gasteiger partial charge in [0.2, 0.25) is 0 Å². The van der Waals surface area contributed by atoms with Crippen molar-refractivity contribution < 1.29 is 5.11 Å². The molecule has 1 aliphatic rings. The summed E-state index contributed by atoms with van der Waals surface area (Å²) in [4.78, 5) is 8.33. The fourth-order valence-electron chi connectivity index (χ4n) is 2.46. The van der Waals surface area contributed by atoms with E-state index in [9.17, 15) is 0 Å². The minimum atomic E-state index is 0.323. The molecule has 1 aromatic heterocycles. The molecule has 1 aromatic rings. The number of rotatable bonds is 3. The summed E-state index contributed by atoms with van der Waals surface area (Å²) in [6.07, 6.45) is 1.12. The predicted molar refractivity (Wildman–Crippen MR) is 66.8 cm³/mol. The fourth-order valence-corrected chi connectivity index (χ4v) is 3.48. The summed E-state index contributed by atoms with van der Waals surface area (Å²) in [5, 5.41) is 10.3. The molecule has 0 spiro atoms. The van der Waals surface area contributed by atoms with E-state index in [1.807, 2.05) is 0 Å². The Bertz CT molecular complexity index is 364. The number of aromatic nitrogens is 1. The van der Waals surface area contributed by atoms with Crippen LogP contribution in [0.3, 0.4) is 0 Å². The van der Waals surface area contributed by atoms with Gasteiger partial charge in [-0.05, 0) is 39.7 Å². The lowest BCUT2D eigenvalue weighted by Crippen LogP contribution is -2.25. The van der Waals surface area contributed by atoms with Crippen LogP contribution in [0.5, 0.6) is 0 Å². The van der Waals surface area contributed by atoms with E-state index in [1.165, 1.54) is 10.6 Å². The number of aliphatic hydroxyl groups is 1. The first kappa shape index (κ1) is 12.0. The minimum Gasteiger partial charge on any atom is -0.396 e. The van der Waals surface area contributed by atoms with Crippen molar-refractivity contribution in [1.82, 2.24) is 9.88 Å². The molecule has 16 heavy (non-hydrogen) atoms. The van der Waals surface area contributed by atoms with Crippen molar-refractivity contribution in [2.75, 3.05) is 19.7 Å². The summed E-state index contributed by atoms with van der Waals surface area (Å²) in [7, 11) is 0. The van der Waals surface area contributed by atoms with Gasteiger partial charge in [-0.15, -0.1) is 11.3 Å². The van der Waals surface area contributed by atoms with Gasteiger partial charge in [0.15, 0.2) is 0 Å². The Morgan fingerprint density at radius 3 is 2.81 bits per heavy atom. The van der Waals surface area contributed by atoms with Crippen LogP contribution >= 0.6 is 11.3 Å². The van der Waals surface area contributed by atoms with Crippen molar-refractivity contribution in [3.8, 4) is 0 Å². The van der Waals surface area contributed by atoms with Crippen LogP contribution in [-0.2, 0) is 0 Å². The molecule has 90 valence electrons. The van der Waals surface area contributed by atoms with Gasteiger partial charge >= 0.3 is 0 Å². The van der Waals surface area contributed by atoms with Crippen molar-refractivity contribution in [3.63, 3.8) is 0 Å². The topological polar surface area (TPSA) is 36.4 Å². The quantitative estimate of drug-likeness (QED) is 0.879. The van der Waals surface area contributed by atoms with Gasteiger partial charge in [0.05, 0.1) is 10.7 Å². The molecule has 2 atom stereocenters. The van der Waals surface area contributed by atoms with Crippen LogP contribution in [-0.4, -0.2) is 34.7 Å². The van der Waals surface area contributed by atoms with Gasteiger partial charge in [-0.3, -0.25) is 4.90 Å². The molecular weight excluding hydrogens is 220 g/mol. The van der Waals surface area contributed by atoms with Gasteiger partial charge in [-0.2, -0.15) is 0 Å². The minimum absolute atomic E-state index is 0.323. The molecule has 0 aromatic carbocycles. The van der Waals surface area contributed by atoms with Gasteiger partial charge in [0.25, 0.3) is 0 Å². The summed E-state index contributed by atoms with van der Waals surface area (Å²) in [5.74, 6) is 0.469. The van der Waals surface area contributed by atoms with Gasteiger partial charge in [-0.1, -0.05) is 0 Å². The zero-order valence-corrected chi connectivity index (χ0v) is 11.0. The summed E-state index contributed by atoms with van der Waals surface area (Å²) >= 11 is 1.80. The van der Waals surface area contributed by atoms with Gasteiger partial charge in [0.1, 0.15) is 0 Å². The van der Waals surface area contributed by atoms with E-state index in [0.29, 0.717) is 18.6 Å². The predicted octanol–water partition coefficient (Wildman–Crippen LogP) is 2.14. The van der Waals surface area contributed by atoms with Crippen LogP contribution in [0.1, 0.15) is 35.0 Å². The smallest absolute Gasteiger partial charge is 0.0900 e. The molecule has 0 bridgehead atoms. The van der Waals surface area contributed by atoms with Gasteiger partial charge < -0.3 is 5.11 Å². The van der Waals surface area contributed by atoms with E-state index in [2.05, 4.69) is 30.7 Å². The highest BCUT2D eigenvalue weighted by molar-refractivity contribution is 7.11. The van der Waals surface area contributed by atoms with E-state index < -0.39 is 0 Å². The van der Waals surface area contributed by atoms with Crippen LogP contribution in [0.2, 0.25) is 0 Å². The monoisotopic (exact) mass is 240 g/mol. The third kappa shape index (κ3) is 2.29. The molecule has 1 aliphatic heterocycles. The summed E-state index contributed by atoms with van der Waals surface area (Å²) in [6, 6.07) is 0.447. The number of aryl methyl sites for hydroxylation is 2. The Balaban J connectivity index is 2.08. The van der Waals surface area contributed by atoms with Crippen molar-refractivity contribution >= 4 is 11.3 Å². The number of hydrogen-bond donors (Lipinski definition) is 1. The van der Waals surface area contributed by atoms with Crippen molar-refractivity contribution in [3.05, 3.63) is 15.6 Å². The van der Waals surface area contributed by atoms with E-state index in [1.54, 1.807) is 11.3 Å². The second-order valence-electron chi connectivity index (χ2n) is 4.69. The third-order valence-corrected chi connectivity index (χ3v) is 4.69. The molecule has 2 rings (SSSR count). The first-order valence-corrected chi connectivity index (χ1v) is 6.72. The number of likely N-dealkylation sites (tertiary alicyclic amines) is 1. The Hall–Kier alpha value is -0.450. The average molecular weight is 240 g/mol. The lowest BCUT2D eigenvalue weighted by Gasteiger charge is -2.23. The molecule has 3 nitrogen and oxygen atoms in total. The van der Waals surface area contributed by atoms with Crippen LogP contribution in [0, 0.1) is 19.8 Å². The SMILES string of the molecule is Cc1nc(C)c(C(C)N2CCC(CO)C2)s1. The molecule has 1 N–H and O–H groups in total. The third-order valence-electron chi connectivity index (χ3n) is 3.44. The number of hydrogen-bond acceptors (Lipinski definition) is 4. The molecule has 1 saturated heterocycles. The largest absolute Gasteiger partial charge is 0.396 e. The first-order valence-electron chi connectivity index (χ1n) is 5.90. The Morgan fingerprint density at radius 1 is 1.56 bits per heavy atom. The molecule has 1 fully saturated rings. The van der Waals surface area contributed by atoms with E-state index in [0.717, 1.165) is 24.5 Å². The maximum Gasteiger partial charge on any atom is 0.0900 e. The maximum absolute atomic E-state index is 9.16. The van der Waals surface area contributed by atoms with Crippen molar-refractivity contribution in [1.29, 1.82) is 0 Å². The second-order valence-corrected chi connectivity index (χ2v) is 5.93. The van der Waals surface area contributed by atoms with Gasteiger partial charge in [0, 0.05) is 24.1 Å². The molecule has 0 aliphatic carbocycles. The molecule has 0 saturated carbocycles. The van der Waals surface area contributed by atoms with Crippen molar-refractivity contribution in [2.24, 2.45) is 5.92 Å². The van der Waals surface area contributed by atoms with Crippen LogP contribution in [0.25, 0.3) is 0 Å². The highest BCUT2D eigenvalue weighted by Gasteiger charge is 2.27. The molecule has 2 unspecified atom stereocenters. The maximum atomic E-state index is 9.16. The summed E-state index contributed by atoms with van der Waals surface area (Å²) in [5.41, 5.74) is 1.17. The Labute approximate surface area is 101 Å². The van der Waals surface area contributed by atoms with Crippen LogP contribution in [0.15, 0.2) is 0 Å². The molecule has 0 amide bonds. The summed E-state index contributed by atoms with van der Waals surface area (Å²) in [6.45, 7) is 8.85. The van der Waals surface area contributed by atoms with E-state index in [-0.39, 0.29) is 0 Å². The average Bonchev–Trinajstić information content (AvgIpc) is 2.84. The lowest BCUT2D eigenvalue weighted by atomic mass is 10.1. The summed E-state index contributed by atoms with van der Waals surface area (Å²) < 4.78 is 0. The molecule has 2 heterocycles. The highest BCUT2D eigenvalue weighted by Crippen LogP contribution is 2.32. The molecular formula is C12H20N2OS. The Kier molecular flexibility index (Phi) is 3.62.